The molecule has 1 amide bonds. The number of nitrogens with zero attached hydrogens (tertiary/aromatic N) is 5. The van der Waals surface area contributed by atoms with Crippen molar-refractivity contribution in [1.29, 1.82) is 0 Å². The summed E-state index contributed by atoms with van der Waals surface area (Å²) in [5.41, 5.74) is 0.826. The molecule has 0 spiro atoms. The van der Waals surface area contributed by atoms with Crippen LogP contribution in [0.2, 0.25) is 0 Å². The number of likely N-dealkylation sites (N-methyl/N-ethyl adjacent to an activating group) is 1. The number of rotatable bonds is 7. The number of hydrogen-bond donors (Lipinski definition) is 1. The highest BCUT2D eigenvalue weighted by molar-refractivity contribution is 5.79. The van der Waals surface area contributed by atoms with Gasteiger partial charge in [0.1, 0.15) is 0 Å². The number of carbonyl (C=O) groups is 1. The second-order valence-corrected chi connectivity index (χ2v) is 6.95. The molecule has 132 valence electrons. The number of aliphatic hydroxyl groups is 1. The van der Waals surface area contributed by atoms with Crippen LogP contribution in [0.3, 0.4) is 0 Å². The molecule has 1 aromatic rings. The molecule has 1 aromatic heterocycles. The van der Waals surface area contributed by atoms with Crippen molar-refractivity contribution in [1.82, 2.24) is 24.8 Å². The number of fused-ring (bicyclic) bond motifs is 3. The van der Waals surface area contributed by atoms with Gasteiger partial charge in [0.15, 0.2) is 0 Å². The normalized spacial score (nSPS) is 28.8. The molecule has 0 saturated carbocycles. The Hall–Kier alpha value is -1.73. The monoisotopic (exact) mass is 333 g/mol. The first-order valence-corrected chi connectivity index (χ1v) is 8.72. The third kappa shape index (κ3) is 3.52. The number of aliphatic hydroxyl groups excluding tert-OH is 1. The number of hydrogen-bond acceptors (Lipinski definition) is 5. The molecule has 3 aliphatic heterocycles. The summed E-state index contributed by atoms with van der Waals surface area (Å²) in [5.74, 6) is 0.815. The van der Waals surface area contributed by atoms with Gasteiger partial charge in [-0.1, -0.05) is 11.3 Å². The standard InChI is InChI=1S/C17H27N5O2/c1-3-6-20(2)17(24)16-12-21-7-4-13(16)9-15(21)11-22-10-14(5-8-23)18-19-22/h3,10,13,15-16,23H,1,4-9,11-12H2,2H3/t13-,15+,16+/m0/s1. The summed E-state index contributed by atoms with van der Waals surface area (Å²) in [6.07, 6.45) is 6.37. The van der Waals surface area contributed by atoms with E-state index in [-0.39, 0.29) is 18.4 Å². The van der Waals surface area contributed by atoms with Crippen LogP contribution in [-0.2, 0) is 17.8 Å². The van der Waals surface area contributed by atoms with Crippen molar-refractivity contribution in [2.75, 3.05) is 33.3 Å². The lowest BCUT2D eigenvalue weighted by Gasteiger charge is -2.49. The Balaban J connectivity index is 1.60. The largest absolute Gasteiger partial charge is 0.396 e. The Bertz CT molecular complexity index is 587. The third-order valence-electron chi connectivity index (χ3n) is 5.33. The van der Waals surface area contributed by atoms with Gasteiger partial charge in [-0.3, -0.25) is 14.4 Å². The summed E-state index contributed by atoms with van der Waals surface area (Å²) in [5, 5.41) is 17.2. The zero-order valence-electron chi connectivity index (χ0n) is 14.3. The van der Waals surface area contributed by atoms with E-state index in [9.17, 15) is 4.79 Å². The van der Waals surface area contributed by atoms with Crippen molar-refractivity contribution in [2.24, 2.45) is 11.8 Å². The molecule has 3 aliphatic rings. The molecule has 3 fully saturated rings. The quantitative estimate of drug-likeness (QED) is 0.720. The molecule has 1 N–H and O–H groups in total. The molecule has 0 aliphatic carbocycles. The Morgan fingerprint density at radius 1 is 1.58 bits per heavy atom. The summed E-state index contributed by atoms with van der Waals surface area (Å²) < 4.78 is 1.87. The zero-order chi connectivity index (χ0) is 17.1. The van der Waals surface area contributed by atoms with E-state index in [1.807, 2.05) is 17.9 Å². The fourth-order valence-corrected chi connectivity index (χ4v) is 4.05. The number of amides is 1. The van der Waals surface area contributed by atoms with Gasteiger partial charge in [0.2, 0.25) is 5.91 Å². The number of piperidine rings is 3. The van der Waals surface area contributed by atoms with Crippen LogP contribution in [0.15, 0.2) is 18.9 Å². The Labute approximate surface area is 142 Å². The van der Waals surface area contributed by atoms with Crippen LogP contribution < -0.4 is 0 Å². The number of carbonyl (C=O) groups excluding carboxylic acids is 1. The van der Waals surface area contributed by atoms with Gasteiger partial charge < -0.3 is 10.0 Å². The first kappa shape index (κ1) is 17.1. The first-order valence-electron chi connectivity index (χ1n) is 8.72. The zero-order valence-corrected chi connectivity index (χ0v) is 14.3. The molecule has 7 heteroatoms. The topological polar surface area (TPSA) is 74.5 Å². The van der Waals surface area contributed by atoms with E-state index in [0.717, 1.165) is 38.2 Å². The molecule has 3 saturated heterocycles. The molecule has 4 atom stereocenters. The maximum atomic E-state index is 12.6. The summed E-state index contributed by atoms with van der Waals surface area (Å²) >= 11 is 0. The minimum atomic E-state index is 0.0956. The van der Waals surface area contributed by atoms with Gasteiger partial charge >= 0.3 is 0 Å². The van der Waals surface area contributed by atoms with E-state index in [1.165, 1.54) is 0 Å². The minimum Gasteiger partial charge on any atom is -0.396 e. The summed E-state index contributed by atoms with van der Waals surface area (Å²) in [7, 11) is 1.86. The highest BCUT2D eigenvalue weighted by Crippen LogP contribution is 2.37. The minimum absolute atomic E-state index is 0.0956. The smallest absolute Gasteiger partial charge is 0.227 e. The van der Waals surface area contributed by atoms with E-state index in [4.69, 9.17) is 5.11 Å². The second kappa shape index (κ2) is 7.44. The van der Waals surface area contributed by atoms with E-state index in [1.54, 1.807) is 11.0 Å². The van der Waals surface area contributed by atoms with Crippen molar-refractivity contribution in [2.45, 2.75) is 31.8 Å². The molecule has 24 heavy (non-hydrogen) atoms. The lowest BCUT2D eigenvalue weighted by Crippen LogP contribution is -2.58. The average Bonchev–Trinajstić information content (AvgIpc) is 3.02. The molecule has 7 nitrogen and oxygen atoms in total. The van der Waals surface area contributed by atoms with Crippen LogP contribution in [0.25, 0.3) is 0 Å². The summed E-state index contributed by atoms with van der Waals surface area (Å²) in [6, 6.07) is 0.418. The van der Waals surface area contributed by atoms with Gasteiger partial charge in [0, 0.05) is 45.4 Å². The lowest BCUT2D eigenvalue weighted by atomic mass is 9.75. The Kier molecular flexibility index (Phi) is 5.30. The van der Waals surface area contributed by atoms with Crippen LogP contribution in [-0.4, -0.2) is 75.1 Å². The van der Waals surface area contributed by atoms with Crippen molar-refractivity contribution < 1.29 is 9.90 Å². The van der Waals surface area contributed by atoms with Crippen LogP contribution >= 0.6 is 0 Å². The maximum Gasteiger partial charge on any atom is 0.227 e. The second-order valence-electron chi connectivity index (χ2n) is 6.95. The highest BCUT2D eigenvalue weighted by Gasteiger charge is 2.43. The summed E-state index contributed by atoms with van der Waals surface area (Å²) in [6.45, 7) is 7.12. The van der Waals surface area contributed by atoms with Gasteiger partial charge in [-0.2, -0.15) is 0 Å². The van der Waals surface area contributed by atoms with Crippen molar-refractivity contribution in [3.63, 3.8) is 0 Å². The lowest BCUT2D eigenvalue weighted by molar-refractivity contribution is -0.142. The molecule has 4 heterocycles. The molecular formula is C17H27N5O2. The van der Waals surface area contributed by atoms with Gasteiger partial charge in [-0.15, -0.1) is 11.7 Å². The maximum absolute atomic E-state index is 12.6. The average molecular weight is 333 g/mol. The van der Waals surface area contributed by atoms with E-state index in [2.05, 4.69) is 21.8 Å². The fraction of sp³-hybridized carbons (Fsp3) is 0.706. The molecular weight excluding hydrogens is 306 g/mol. The molecule has 4 rings (SSSR count). The molecule has 0 aromatic carbocycles. The first-order chi connectivity index (χ1) is 11.6. The fourth-order valence-electron chi connectivity index (χ4n) is 4.05. The third-order valence-corrected chi connectivity index (χ3v) is 5.33. The molecule has 2 bridgehead atoms. The Morgan fingerprint density at radius 2 is 2.42 bits per heavy atom. The van der Waals surface area contributed by atoms with E-state index in [0.29, 0.717) is 24.9 Å². The SMILES string of the molecule is C=CCN(C)C(=O)[C@@H]1CN2CC[C@H]1C[C@@H]2Cn1cc(CCO)nn1. The van der Waals surface area contributed by atoms with Gasteiger partial charge in [-0.25, -0.2) is 0 Å². The van der Waals surface area contributed by atoms with Crippen molar-refractivity contribution in [3.8, 4) is 0 Å². The van der Waals surface area contributed by atoms with Gasteiger partial charge in [-0.05, 0) is 25.3 Å². The number of aromatic nitrogens is 3. The van der Waals surface area contributed by atoms with Gasteiger partial charge in [0.05, 0.1) is 18.2 Å². The van der Waals surface area contributed by atoms with Crippen molar-refractivity contribution >= 4 is 5.91 Å². The van der Waals surface area contributed by atoms with E-state index < -0.39 is 0 Å². The predicted octanol–water partition coefficient (Wildman–Crippen LogP) is 0.168. The van der Waals surface area contributed by atoms with Crippen LogP contribution in [0.1, 0.15) is 18.5 Å². The highest BCUT2D eigenvalue weighted by atomic mass is 16.3. The molecule has 1 unspecified atom stereocenters. The van der Waals surface area contributed by atoms with E-state index >= 15 is 0 Å². The molecule has 0 radical (unpaired) electrons. The predicted molar refractivity (Wildman–Crippen MR) is 90.2 cm³/mol. The summed E-state index contributed by atoms with van der Waals surface area (Å²) in [4.78, 5) is 16.8. The van der Waals surface area contributed by atoms with Crippen LogP contribution in [0, 0.1) is 11.8 Å². The van der Waals surface area contributed by atoms with Crippen LogP contribution in [0.5, 0.6) is 0 Å². The van der Waals surface area contributed by atoms with Crippen molar-refractivity contribution in [3.05, 3.63) is 24.5 Å². The van der Waals surface area contributed by atoms with Crippen LogP contribution in [0.4, 0.5) is 0 Å². The Morgan fingerprint density at radius 3 is 3.08 bits per heavy atom. The van der Waals surface area contributed by atoms with Gasteiger partial charge in [0.25, 0.3) is 0 Å².